The molecule has 0 aromatic heterocycles. The standard InChI is InChI=1S/C60H112O6/c1-4-7-10-13-16-19-22-25-27-28-29-30-31-32-34-35-38-41-44-47-50-53-59(62)65-56-57(55-64-58(61)52-49-46-43-40-37-24-21-18-15-12-9-6-3)66-60(63)54-51-48-45-42-39-36-33-26-23-20-17-14-11-8-5-2/h18,21,28-29,57H,4-17,19-20,22-27,30-56H2,1-3H3/b21-18-,29-28-. The van der Waals surface area contributed by atoms with E-state index in [4.69, 9.17) is 14.2 Å². The first-order valence-electron chi connectivity index (χ1n) is 29.3. The largest absolute Gasteiger partial charge is 0.462 e. The van der Waals surface area contributed by atoms with Gasteiger partial charge in [-0.2, -0.15) is 0 Å². The topological polar surface area (TPSA) is 78.9 Å². The molecule has 1 unspecified atom stereocenters. The number of allylic oxidation sites excluding steroid dienone is 4. The normalized spacial score (nSPS) is 12.1. The van der Waals surface area contributed by atoms with E-state index in [1.54, 1.807) is 0 Å². The molecule has 0 aromatic carbocycles. The first kappa shape index (κ1) is 63.9. The third-order valence-electron chi connectivity index (χ3n) is 13.2. The summed E-state index contributed by atoms with van der Waals surface area (Å²) in [6, 6.07) is 0. The highest BCUT2D eigenvalue weighted by Gasteiger charge is 2.19. The lowest BCUT2D eigenvalue weighted by Crippen LogP contribution is -2.30. The van der Waals surface area contributed by atoms with Gasteiger partial charge in [0, 0.05) is 19.3 Å². The van der Waals surface area contributed by atoms with Crippen molar-refractivity contribution in [1.29, 1.82) is 0 Å². The summed E-state index contributed by atoms with van der Waals surface area (Å²) in [5.74, 6) is -0.862. The van der Waals surface area contributed by atoms with Gasteiger partial charge in [-0.05, 0) is 70.6 Å². The molecule has 0 aliphatic rings. The molecule has 388 valence electrons. The fraction of sp³-hybridized carbons (Fsp3) is 0.883. The Labute approximate surface area is 411 Å². The van der Waals surface area contributed by atoms with Gasteiger partial charge < -0.3 is 14.2 Å². The van der Waals surface area contributed by atoms with E-state index in [-0.39, 0.29) is 31.1 Å². The van der Waals surface area contributed by atoms with Gasteiger partial charge in [0.2, 0.25) is 0 Å². The number of carbonyl (C=O) groups is 3. The summed E-state index contributed by atoms with van der Waals surface area (Å²) in [6.07, 6.45) is 64.6. The van der Waals surface area contributed by atoms with Crippen molar-refractivity contribution in [1.82, 2.24) is 0 Å². The van der Waals surface area contributed by atoms with Gasteiger partial charge in [-0.3, -0.25) is 14.4 Å². The molecule has 0 spiro atoms. The molecule has 0 aliphatic carbocycles. The van der Waals surface area contributed by atoms with Gasteiger partial charge in [-0.25, -0.2) is 0 Å². The van der Waals surface area contributed by atoms with Crippen molar-refractivity contribution in [2.75, 3.05) is 13.2 Å². The van der Waals surface area contributed by atoms with Crippen LogP contribution in [0.15, 0.2) is 24.3 Å². The lowest BCUT2D eigenvalue weighted by molar-refractivity contribution is -0.167. The molecular formula is C60H112O6. The fourth-order valence-electron chi connectivity index (χ4n) is 8.73. The van der Waals surface area contributed by atoms with Gasteiger partial charge in [0.05, 0.1) is 0 Å². The maximum absolute atomic E-state index is 12.8. The number of unbranched alkanes of at least 4 members (excludes halogenated alkanes) is 39. The number of hydrogen-bond acceptors (Lipinski definition) is 6. The van der Waals surface area contributed by atoms with E-state index in [2.05, 4.69) is 45.1 Å². The van der Waals surface area contributed by atoms with Gasteiger partial charge in [0.1, 0.15) is 13.2 Å². The van der Waals surface area contributed by atoms with E-state index >= 15 is 0 Å². The molecule has 0 N–H and O–H groups in total. The van der Waals surface area contributed by atoms with Crippen LogP contribution in [-0.4, -0.2) is 37.2 Å². The quantitative estimate of drug-likeness (QED) is 0.0262. The van der Waals surface area contributed by atoms with Gasteiger partial charge in [0.15, 0.2) is 6.10 Å². The van der Waals surface area contributed by atoms with Crippen molar-refractivity contribution in [2.24, 2.45) is 0 Å². The first-order chi connectivity index (χ1) is 32.5. The second-order valence-electron chi connectivity index (χ2n) is 19.9. The van der Waals surface area contributed by atoms with Crippen LogP contribution in [0.2, 0.25) is 0 Å². The van der Waals surface area contributed by atoms with E-state index in [0.29, 0.717) is 19.3 Å². The maximum atomic E-state index is 12.8. The molecule has 0 fully saturated rings. The fourth-order valence-corrected chi connectivity index (χ4v) is 8.73. The molecule has 0 aliphatic heterocycles. The highest BCUT2D eigenvalue weighted by molar-refractivity contribution is 5.71. The highest BCUT2D eigenvalue weighted by atomic mass is 16.6. The van der Waals surface area contributed by atoms with Crippen LogP contribution in [-0.2, 0) is 28.6 Å². The summed E-state index contributed by atoms with van der Waals surface area (Å²) in [6.45, 7) is 6.65. The van der Waals surface area contributed by atoms with Crippen LogP contribution >= 0.6 is 0 Å². The Bertz CT molecular complexity index is 1070. The average Bonchev–Trinajstić information content (AvgIpc) is 3.31. The smallest absolute Gasteiger partial charge is 0.306 e. The summed E-state index contributed by atoms with van der Waals surface area (Å²) in [5.41, 5.74) is 0. The summed E-state index contributed by atoms with van der Waals surface area (Å²) in [7, 11) is 0. The lowest BCUT2D eigenvalue weighted by Gasteiger charge is -2.18. The Hall–Kier alpha value is -2.11. The van der Waals surface area contributed by atoms with Gasteiger partial charge in [0.25, 0.3) is 0 Å². The third-order valence-corrected chi connectivity index (χ3v) is 13.2. The van der Waals surface area contributed by atoms with Gasteiger partial charge >= 0.3 is 17.9 Å². The van der Waals surface area contributed by atoms with Gasteiger partial charge in [-0.1, -0.05) is 257 Å². The summed E-state index contributed by atoms with van der Waals surface area (Å²) in [4.78, 5) is 38.1. The number of esters is 3. The lowest BCUT2D eigenvalue weighted by atomic mass is 10.0. The van der Waals surface area contributed by atoms with E-state index in [1.165, 1.54) is 218 Å². The Morgan fingerprint density at radius 1 is 0.288 bits per heavy atom. The maximum Gasteiger partial charge on any atom is 0.306 e. The van der Waals surface area contributed by atoms with Crippen LogP contribution in [0, 0.1) is 0 Å². The second-order valence-corrected chi connectivity index (χ2v) is 19.9. The predicted molar refractivity (Wildman–Crippen MR) is 284 cm³/mol. The van der Waals surface area contributed by atoms with E-state index < -0.39 is 6.10 Å². The van der Waals surface area contributed by atoms with Gasteiger partial charge in [-0.15, -0.1) is 0 Å². The molecular weight excluding hydrogens is 817 g/mol. The summed E-state index contributed by atoms with van der Waals surface area (Å²) < 4.78 is 16.9. The van der Waals surface area contributed by atoms with Crippen molar-refractivity contribution in [3.8, 4) is 0 Å². The van der Waals surface area contributed by atoms with E-state index in [9.17, 15) is 14.4 Å². The highest BCUT2D eigenvalue weighted by Crippen LogP contribution is 2.17. The van der Waals surface area contributed by atoms with Crippen LogP contribution in [0.25, 0.3) is 0 Å². The SMILES string of the molecule is CCCCC/C=C\CCCCCCCC(=O)OCC(COC(=O)CCCCCCCCCCC/C=C\CCCCCCCCCC)OC(=O)CCCCCCCCCCCCCCCCC. The summed E-state index contributed by atoms with van der Waals surface area (Å²) >= 11 is 0. The molecule has 0 heterocycles. The van der Waals surface area contributed by atoms with Crippen molar-refractivity contribution < 1.29 is 28.6 Å². The Kier molecular flexibility index (Phi) is 53.7. The average molecular weight is 930 g/mol. The Balaban J connectivity index is 4.27. The van der Waals surface area contributed by atoms with E-state index in [1.807, 2.05) is 0 Å². The minimum absolute atomic E-state index is 0.0706. The number of rotatable bonds is 54. The number of hydrogen-bond donors (Lipinski definition) is 0. The molecule has 0 saturated heterocycles. The number of carbonyl (C=O) groups excluding carboxylic acids is 3. The minimum atomic E-state index is -0.771. The van der Waals surface area contributed by atoms with Crippen LogP contribution in [0.1, 0.15) is 323 Å². The van der Waals surface area contributed by atoms with E-state index in [0.717, 1.165) is 64.2 Å². The molecule has 66 heavy (non-hydrogen) atoms. The molecule has 0 rings (SSSR count). The van der Waals surface area contributed by atoms with Crippen molar-refractivity contribution >= 4 is 17.9 Å². The third kappa shape index (κ3) is 52.9. The Morgan fingerprint density at radius 3 is 0.788 bits per heavy atom. The minimum Gasteiger partial charge on any atom is -0.462 e. The molecule has 0 aromatic rings. The molecule has 6 nitrogen and oxygen atoms in total. The summed E-state index contributed by atoms with van der Waals surface area (Å²) in [5, 5.41) is 0. The van der Waals surface area contributed by atoms with Crippen molar-refractivity contribution in [3.05, 3.63) is 24.3 Å². The van der Waals surface area contributed by atoms with Crippen LogP contribution < -0.4 is 0 Å². The van der Waals surface area contributed by atoms with Crippen molar-refractivity contribution in [2.45, 2.75) is 329 Å². The molecule has 0 radical (unpaired) electrons. The molecule has 0 amide bonds. The number of ether oxygens (including phenoxy) is 3. The van der Waals surface area contributed by atoms with Crippen LogP contribution in [0.3, 0.4) is 0 Å². The van der Waals surface area contributed by atoms with Crippen molar-refractivity contribution in [3.63, 3.8) is 0 Å². The Morgan fingerprint density at radius 2 is 0.500 bits per heavy atom. The first-order valence-corrected chi connectivity index (χ1v) is 29.3. The second kappa shape index (κ2) is 55.5. The zero-order chi connectivity index (χ0) is 47.9. The molecule has 0 saturated carbocycles. The molecule has 0 bridgehead atoms. The zero-order valence-electron chi connectivity index (χ0n) is 44.5. The zero-order valence-corrected chi connectivity index (χ0v) is 44.5. The monoisotopic (exact) mass is 929 g/mol. The predicted octanol–water partition coefficient (Wildman–Crippen LogP) is 19.5. The van der Waals surface area contributed by atoms with Crippen LogP contribution in [0.5, 0.6) is 0 Å². The molecule has 1 atom stereocenters. The van der Waals surface area contributed by atoms with Crippen LogP contribution in [0.4, 0.5) is 0 Å². The molecule has 6 heteroatoms.